The number of esters is 2. The van der Waals surface area contributed by atoms with E-state index >= 15 is 0 Å². The van der Waals surface area contributed by atoms with Crippen molar-refractivity contribution >= 4 is 40.7 Å². The lowest BCUT2D eigenvalue weighted by Gasteiger charge is -2.29. The average molecular weight is 523 g/mol. The fourth-order valence-corrected chi connectivity index (χ4v) is 5.86. The maximum absolute atomic E-state index is 12.1. The third kappa shape index (κ3) is 7.52. The van der Waals surface area contributed by atoms with E-state index in [2.05, 4.69) is 5.32 Å². The predicted octanol–water partition coefficient (Wildman–Crippen LogP) is 4.79. The van der Waals surface area contributed by atoms with Crippen LogP contribution in [0.25, 0.3) is 0 Å². The highest BCUT2D eigenvalue weighted by Crippen LogP contribution is 2.29. The van der Waals surface area contributed by atoms with Crippen molar-refractivity contribution in [1.82, 2.24) is 10.2 Å². The van der Waals surface area contributed by atoms with E-state index in [0.29, 0.717) is 31.2 Å². The van der Waals surface area contributed by atoms with Crippen LogP contribution >= 0.6 is 22.7 Å². The van der Waals surface area contributed by atoms with Crippen LogP contribution in [0, 0.1) is 0 Å². The zero-order chi connectivity index (χ0) is 25.6. The first-order valence-electron chi connectivity index (χ1n) is 11.9. The van der Waals surface area contributed by atoms with Gasteiger partial charge in [-0.15, -0.1) is 22.7 Å². The largest absolute Gasteiger partial charge is 0.462 e. The standard InChI is InChI=1S/C15H21NO4S.C10H13NO2S/c1-5-19-13(17)11-8-10-6-7-16(9-12(10)21-11)14(18)20-15(2,3)4;1-2-13-10(12)8-5-7-3-4-11-6-9(7)14-8/h8H,5-7,9H2,1-4H3;5,11H,2-4,6H2,1H3. The lowest BCUT2D eigenvalue weighted by atomic mass is 10.1. The van der Waals surface area contributed by atoms with Crippen molar-refractivity contribution in [2.45, 2.75) is 66.2 Å². The number of carbonyl (C=O) groups is 3. The molecule has 1 amide bonds. The van der Waals surface area contributed by atoms with Crippen LogP contribution in [0.2, 0.25) is 0 Å². The van der Waals surface area contributed by atoms with E-state index in [1.165, 1.54) is 21.8 Å². The second-order valence-electron chi connectivity index (χ2n) is 9.14. The molecule has 0 aliphatic carbocycles. The summed E-state index contributed by atoms with van der Waals surface area (Å²) in [5.41, 5.74) is 1.93. The van der Waals surface area contributed by atoms with Gasteiger partial charge in [0.25, 0.3) is 0 Å². The van der Waals surface area contributed by atoms with Gasteiger partial charge in [0.05, 0.1) is 19.8 Å². The van der Waals surface area contributed by atoms with Crippen LogP contribution in [0.1, 0.15) is 74.8 Å². The molecule has 0 unspecified atom stereocenters. The minimum atomic E-state index is -0.497. The van der Waals surface area contributed by atoms with Gasteiger partial charge in [0.15, 0.2) is 0 Å². The van der Waals surface area contributed by atoms with Crippen LogP contribution in [-0.4, -0.2) is 54.8 Å². The van der Waals surface area contributed by atoms with Gasteiger partial charge in [0.1, 0.15) is 15.4 Å². The SMILES string of the molecule is CCOC(=O)c1cc2c(s1)CN(C(=O)OC(C)(C)C)CC2.CCOC(=O)c1cc2c(s1)CNCC2. The van der Waals surface area contributed by atoms with Crippen molar-refractivity contribution < 1.29 is 28.6 Å². The van der Waals surface area contributed by atoms with E-state index in [0.717, 1.165) is 41.2 Å². The van der Waals surface area contributed by atoms with Crippen molar-refractivity contribution in [3.05, 3.63) is 42.8 Å². The number of hydrogen-bond acceptors (Lipinski definition) is 9. The fraction of sp³-hybridized carbons (Fsp3) is 0.560. The highest BCUT2D eigenvalue weighted by atomic mass is 32.1. The Bertz CT molecular complexity index is 1030. The first kappa shape index (κ1) is 27.2. The first-order chi connectivity index (χ1) is 16.6. The number of amides is 1. The molecule has 0 saturated heterocycles. The van der Waals surface area contributed by atoms with Gasteiger partial charge in [0, 0.05) is 22.8 Å². The Kier molecular flexibility index (Phi) is 9.32. The number of carbonyl (C=O) groups excluding carboxylic acids is 3. The molecular weight excluding hydrogens is 488 g/mol. The minimum absolute atomic E-state index is 0.188. The molecule has 0 saturated carbocycles. The molecule has 4 rings (SSSR count). The van der Waals surface area contributed by atoms with Crippen molar-refractivity contribution in [3.8, 4) is 0 Å². The van der Waals surface area contributed by atoms with Crippen molar-refractivity contribution in [2.75, 3.05) is 26.3 Å². The molecule has 8 nitrogen and oxygen atoms in total. The molecule has 0 aromatic carbocycles. The van der Waals surface area contributed by atoms with Gasteiger partial charge < -0.3 is 24.4 Å². The van der Waals surface area contributed by atoms with Crippen LogP contribution in [0.15, 0.2) is 12.1 Å². The molecule has 10 heteroatoms. The molecule has 0 spiro atoms. The summed E-state index contributed by atoms with van der Waals surface area (Å²) >= 11 is 2.94. The van der Waals surface area contributed by atoms with Gasteiger partial charge in [-0.2, -0.15) is 0 Å². The van der Waals surface area contributed by atoms with Gasteiger partial charge in [0.2, 0.25) is 0 Å². The molecule has 0 radical (unpaired) electrons. The lowest BCUT2D eigenvalue weighted by Crippen LogP contribution is -2.39. The van der Waals surface area contributed by atoms with Crippen molar-refractivity contribution in [2.24, 2.45) is 0 Å². The highest BCUT2D eigenvalue weighted by molar-refractivity contribution is 7.14. The number of thiophene rings is 2. The van der Waals surface area contributed by atoms with Gasteiger partial charge in [-0.3, -0.25) is 0 Å². The topological polar surface area (TPSA) is 94.2 Å². The molecule has 2 aliphatic rings. The molecule has 2 aliphatic heterocycles. The lowest BCUT2D eigenvalue weighted by molar-refractivity contribution is 0.0226. The molecular formula is C25H34N2O6S2. The number of hydrogen-bond donors (Lipinski definition) is 1. The van der Waals surface area contributed by atoms with Crippen molar-refractivity contribution in [3.63, 3.8) is 0 Å². The predicted molar refractivity (Wildman–Crippen MR) is 136 cm³/mol. The maximum Gasteiger partial charge on any atom is 0.410 e. The van der Waals surface area contributed by atoms with E-state index < -0.39 is 5.60 Å². The minimum Gasteiger partial charge on any atom is -0.462 e. The Morgan fingerprint density at radius 2 is 1.51 bits per heavy atom. The van der Waals surface area contributed by atoms with E-state index in [9.17, 15) is 14.4 Å². The summed E-state index contributed by atoms with van der Waals surface area (Å²) in [5.74, 6) is -0.479. The Balaban J connectivity index is 0.000000211. The van der Waals surface area contributed by atoms with Gasteiger partial charge in [-0.1, -0.05) is 0 Å². The van der Waals surface area contributed by atoms with Gasteiger partial charge in [-0.25, -0.2) is 14.4 Å². The molecule has 2 aromatic heterocycles. The Hall–Kier alpha value is -2.43. The van der Waals surface area contributed by atoms with E-state index in [1.54, 1.807) is 23.2 Å². The molecule has 192 valence electrons. The fourth-order valence-electron chi connectivity index (χ4n) is 3.66. The molecule has 0 atom stereocenters. The second-order valence-corrected chi connectivity index (χ2v) is 11.4. The summed E-state index contributed by atoms with van der Waals surface area (Å²) in [6.45, 7) is 13.0. The van der Waals surface area contributed by atoms with Gasteiger partial charge >= 0.3 is 18.0 Å². The Morgan fingerprint density at radius 1 is 0.943 bits per heavy atom. The molecule has 0 fully saturated rings. The van der Waals surface area contributed by atoms with Gasteiger partial charge in [-0.05, 0) is 77.3 Å². The van der Waals surface area contributed by atoms with Crippen LogP contribution < -0.4 is 5.32 Å². The number of nitrogens with one attached hydrogen (secondary N) is 1. The first-order valence-corrected chi connectivity index (χ1v) is 13.5. The monoisotopic (exact) mass is 522 g/mol. The second kappa shape index (κ2) is 12.0. The van der Waals surface area contributed by atoms with Crippen LogP contribution in [-0.2, 0) is 40.1 Å². The van der Waals surface area contributed by atoms with Crippen LogP contribution in [0.4, 0.5) is 4.79 Å². The molecule has 35 heavy (non-hydrogen) atoms. The summed E-state index contributed by atoms with van der Waals surface area (Å²) in [7, 11) is 0. The summed E-state index contributed by atoms with van der Waals surface area (Å²) < 4.78 is 15.4. The summed E-state index contributed by atoms with van der Waals surface area (Å²) in [4.78, 5) is 40.6. The molecule has 2 aromatic rings. The quantitative estimate of drug-likeness (QED) is 0.456. The molecule has 0 bridgehead atoms. The Labute approximate surface area is 214 Å². The third-order valence-corrected chi connectivity index (χ3v) is 7.54. The average Bonchev–Trinajstić information content (AvgIpc) is 3.42. The normalized spacial score (nSPS) is 14.7. The summed E-state index contributed by atoms with van der Waals surface area (Å²) in [6.07, 6.45) is 1.45. The number of nitrogens with zero attached hydrogens (tertiary/aromatic N) is 1. The molecule has 4 heterocycles. The highest BCUT2D eigenvalue weighted by Gasteiger charge is 2.28. The molecule has 1 N–H and O–H groups in total. The number of ether oxygens (including phenoxy) is 3. The number of fused-ring (bicyclic) bond motifs is 2. The Morgan fingerprint density at radius 3 is 2.06 bits per heavy atom. The third-order valence-electron chi connectivity index (χ3n) is 5.24. The van der Waals surface area contributed by atoms with Crippen LogP contribution in [0.5, 0.6) is 0 Å². The zero-order valence-corrected chi connectivity index (χ0v) is 22.7. The number of rotatable bonds is 4. The summed E-state index contributed by atoms with van der Waals surface area (Å²) in [6, 6.07) is 3.85. The van der Waals surface area contributed by atoms with E-state index in [-0.39, 0.29) is 18.0 Å². The van der Waals surface area contributed by atoms with Crippen LogP contribution in [0.3, 0.4) is 0 Å². The summed E-state index contributed by atoms with van der Waals surface area (Å²) in [5, 5.41) is 3.28. The maximum atomic E-state index is 12.1. The van der Waals surface area contributed by atoms with Crippen molar-refractivity contribution in [1.29, 1.82) is 0 Å². The zero-order valence-electron chi connectivity index (χ0n) is 21.0. The van der Waals surface area contributed by atoms with E-state index in [1.807, 2.05) is 39.8 Å². The smallest absolute Gasteiger partial charge is 0.410 e. The van der Waals surface area contributed by atoms with E-state index in [4.69, 9.17) is 14.2 Å².